The van der Waals surface area contributed by atoms with Gasteiger partial charge in [0.05, 0.1) is 0 Å². The number of anilines is 3. The van der Waals surface area contributed by atoms with Crippen molar-refractivity contribution in [1.29, 1.82) is 0 Å². The molecule has 0 bridgehead atoms. The second-order valence-corrected chi connectivity index (χ2v) is 13.0. The molecule has 39 heavy (non-hydrogen) atoms. The molecule has 3 heteroatoms. The Bertz CT molecular complexity index is 1670. The number of para-hydroxylation sites is 2. The molecule has 1 aliphatic heterocycles. The fraction of sp³-hybridized carbons (Fsp3) is 0. The molecule has 0 aliphatic carbocycles. The lowest BCUT2D eigenvalue weighted by molar-refractivity contribution is 1.26. The highest BCUT2D eigenvalue weighted by atomic mass is 35.5. The van der Waals surface area contributed by atoms with Crippen molar-refractivity contribution in [3.05, 3.63) is 163 Å². The molecular weight excluding hydrogens is 514 g/mol. The van der Waals surface area contributed by atoms with Crippen molar-refractivity contribution < 1.29 is 0 Å². The highest BCUT2D eigenvalue weighted by Crippen LogP contribution is 2.80. The summed E-state index contributed by atoms with van der Waals surface area (Å²) in [4.78, 5) is 7.60. The number of hydrogen-bond donors (Lipinski definition) is 0. The van der Waals surface area contributed by atoms with E-state index in [1.165, 1.54) is 30.7 Å². The smallest absolute Gasteiger partial charge is 0.0468 e. The second kappa shape index (κ2) is 9.81. The number of rotatable bonds is 5. The van der Waals surface area contributed by atoms with Crippen molar-refractivity contribution in [2.75, 3.05) is 4.90 Å². The molecule has 1 aliphatic rings. The fourth-order valence-electron chi connectivity index (χ4n) is 5.72. The molecule has 0 radical (unpaired) electrons. The van der Waals surface area contributed by atoms with Crippen molar-refractivity contribution in [3.8, 4) is 11.1 Å². The summed E-state index contributed by atoms with van der Waals surface area (Å²) in [5, 5.41) is 0.765. The summed E-state index contributed by atoms with van der Waals surface area (Å²) >= 11 is 6.72. The average Bonchev–Trinajstić information content (AvgIpc) is 3.29. The number of hydrogen-bond acceptors (Lipinski definition) is 1. The zero-order valence-electron chi connectivity index (χ0n) is 21.2. The third-order valence-electron chi connectivity index (χ3n) is 7.34. The second-order valence-electron chi connectivity index (χ2n) is 9.57. The molecule has 1 heterocycles. The van der Waals surface area contributed by atoms with E-state index in [0.29, 0.717) is 0 Å². The van der Waals surface area contributed by atoms with Crippen LogP contribution in [0.2, 0.25) is 5.02 Å². The predicted molar refractivity (Wildman–Crippen MR) is 165 cm³/mol. The maximum absolute atomic E-state index is 6.72. The van der Waals surface area contributed by atoms with Crippen LogP contribution in [0.15, 0.2) is 177 Å². The first-order valence-corrected chi connectivity index (χ1v) is 15.1. The van der Waals surface area contributed by atoms with E-state index in [2.05, 4.69) is 157 Å². The molecule has 0 fully saturated rings. The minimum Gasteiger partial charge on any atom is -0.310 e. The summed E-state index contributed by atoms with van der Waals surface area (Å²) in [7, 11) is -1.73. The van der Waals surface area contributed by atoms with Gasteiger partial charge in [-0.1, -0.05) is 90.5 Å². The predicted octanol–water partition coefficient (Wildman–Crippen LogP) is 11.1. The number of nitrogens with zero attached hydrogens (tertiary/aromatic N) is 1. The highest BCUT2D eigenvalue weighted by Gasteiger charge is 2.42. The molecule has 0 spiro atoms. The molecule has 0 N–H and O–H groups in total. The van der Waals surface area contributed by atoms with Gasteiger partial charge in [0.15, 0.2) is 0 Å². The van der Waals surface area contributed by atoms with Crippen LogP contribution in [0.5, 0.6) is 0 Å². The summed E-state index contributed by atoms with van der Waals surface area (Å²) < 4.78 is 0. The van der Waals surface area contributed by atoms with Gasteiger partial charge in [-0.15, -0.1) is 10.0 Å². The zero-order chi connectivity index (χ0) is 26.2. The zero-order valence-corrected chi connectivity index (χ0v) is 22.8. The molecule has 0 saturated carbocycles. The SMILES string of the molecule is Clc1ccc2c(c1)S(c1ccccc1)(c1ccccc1)c1ccc(N(c3ccccc3)c3ccccc3)cc1-2. The van der Waals surface area contributed by atoms with Crippen molar-refractivity contribution >= 4 is 38.7 Å². The maximum atomic E-state index is 6.72. The van der Waals surface area contributed by atoms with E-state index in [1.54, 1.807) is 0 Å². The first kappa shape index (κ1) is 23.8. The molecule has 6 aromatic rings. The maximum Gasteiger partial charge on any atom is 0.0468 e. The normalized spacial score (nSPS) is 13.8. The van der Waals surface area contributed by atoms with E-state index in [1.807, 2.05) is 6.07 Å². The largest absolute Gasteiger partial charge is 0.310 e. The van der Waals surface area contributed by atoms with Gasteiger partial charge in [0.25, 0.3) is 0 Å². The minimum atomic E-state index is -1.73. The lowest BCUT2D eigenvalue weighted by atomic mass is 10.0. The fourth-order valence-corrected chi connectivity index (χ4v) is 10.2. The van der Waals surface area contributed by atoms with Crippen LogP contribution >= 0.6 is 21.6 Å². The van der Waals surface area contributed by atoms with Gasteiger partial charge in [-0.2, -0.15) is 0 Å². The third-order valence-corrected chi connectivity index (χ3v) is 11.5. The Morgan fingerprint density at radius 1 is 0.410 bits per heavy atom. The number of halogens is 1. The van der Waals surface area contributed by atoms with E-state index in [4.69, 9.17) is 11.6 Å². The van der Waals surface area contributed by atoms with E-state index >= 15 is 0 Å². The third kappa shape index (κ3) is 3.87. The molecular formula is C36H26ClNS. The van der Waals surface area contributed by atoms with Crippen molar-refractivity contribution in [2.24, 2.45) is 0 Å². The van der Waals surface area contributed by atoms with Crippen molar-refractivity contribution in [1.82, 2.24) is 0 Å². The van der Waals surface area contributed by atoms with Gasteiger partial charge in [-0.25, -0.2) is 0 Å². The first-order valence-electron chi connectivity index (χ1n) is 13.0. The summed E-state index contributed by atoms with van der Waals surface area (Å²) in [6, 6.07) is 56.4. The summed E-state index contributed by atoms with van der Waals surface area (Å²) in [5.41, 5.74) is 5.90. The van der Waals surface area contributed by atoms with Gasteiger partial charge in [0, 0.05) is 41.7 Å². The summed E-state index contributed by atoms with van der Waals surface area (Å²) in [6.07, 6.45) is 0. The molecule has 1 nitrogen and oxygen atoms in total. The van der Waals surface area contributed by atoms with Crippen LogP contribution in [0.1, 0.15) is 0 Å². The van der Waals surface area contributed by atoms with Gasteiger partial charge in [-0.05, 0) is 90.0 Å². The molecule has 0 amide bonds. The van der Waals surface area contributed by atoms with Gasteiger partial charge >= 0.3 is 0 Å². The summed E-state index contributed by atoms with van der Waals surface area (Å²) in [6.45, 7) is 0. The van der Waals surface area contributed by atoms with Crippen LogP contribution in [-0.2, 0) is 0 Å². The average molecular weight is 540 g/mol. The summed E-state index contributed by atoms with van der Waals surface area (Å²) in [5.74, 6) is 0. The monoisotopic (exact) mass is 539 g/mol. The Kier molecular flexibility index (Phi) is 6.00. The van der Waals surface area contributed by atoms with Crippen LogP contribution in [0.3, 0.4) is 0 Å². The minimum absolute atomic E-state index is 0.765. The Morgan fingerprint density at radius 2 is 0.923 bits per heavy atom. The Morgan fingerprint density at radius 3 is 1.46 bits per heavy atom. The van der Waals surface area contributed by atoms with Gasteiger partial charge in [-0.3, -0.25) is 0 Å². The van der Waals surface area contributed by atoms with E-state index in [0.717, 1.165) is 22.1 Å². The standard InChI is InChI=1S/C36H26ClNS/c37-27-21-23-33-34-26-30(38(28-13-5-1-6-14-28)29-15-7-2-8-16-29)22-24-35(34)39(36(33)25-27,31-17-9-3-10-18-31)32-19-11-4-12-20-32/h1-26H. The quantitative estimate of drug-likeness (QED) is 0.210. The number of fused-ring (bicyclic) bond motifs is 3. The molecule has 0 unspecified atom stereocenters. The lowest BCUT2D eigenvalue weighted by Crippen LogP contribution is -2.10. The van der Waals surface area contributed by atoms with Gasteiger partial charge in [0.2, 0.25) is 0 Å². The molecule has 0 atom stereocenters. The lowest BCUT2D eigenvalue weighted by Gasteiger charge is -2.39. The van der Waals surface area contributed by atoms with Crippen molar-refractivity contribution in [2.45, 2.75) is 19.6 Å². The van der Waals surface area contributed by atoms with E-state index in [9.17, 15) is 0 Å². The van der Waals surface area contributed by atoms with Crippen LogP contribution in [0.4, 0.5) is 17.1 Å². The Hall–Kier alpha value is -4.24. The molecule has 6 aromatic carbocycles. The van der Waals surface area contributed by atoms with Crippen molar-refractivity contribution in [3.63, 3.8) is 0 Å². The number of benzene rings is 6. The van der Waals surface area contributed by atoms with E-state index in [-0.39, 0.29) is 0 Å². The Balaban J connectivity index is 1.53. The molecule has 0 aromatic heterocycles. The van der Waals surface area contributed by atoms with E-state index < -0.39 is 10.0 Å². The highest BCUT2D eigenvalue weighted by molar-refractivity contribution is 8.34. The molecule has 188 valence electrons. The Labute approximate surface area is 236 Å². The topological polar surface area (TPSA) is 3.24 Å². The van der Waals surface area contributed by atoms with Gasteiger partial charge < -0.3 is 4.90 Å². The van der Waals surface area contributed by atoms with Crippen LogP contribution in [0, 0.1) is 0 Å². The molecule has 7 rings (SSSR count). The van der Waals surface area contributed by atoms with Gasteiger partial charge in [0.1, 0.15) is 0 Å². The molecule has 0 saturated heterocycles. The van der Waals surface area contributed by atoms with Crippen LogP contribution < -0.4 is 4.90 Å². The van der Waals surface area contributed by atoms with Crippen LogP contribution in [-0.4, -0.2) is 0 Å². The first-order chi connectivity index (χ1) is 19.3. The van der Waals surface area contributed by atoms with Crippen LogP contribution in [0.25, 0.3) is 11.1 Å².